The number of carboxylic acid groups (broad SMARTS) is 1. The summed E-state index contributed by atoms with van der Waals surface area (Å²) in [4.78, 5) is 38.9. The number of aromatic amines is 1. The van der Waals surface area contributed by atoms with Crippen molar-refractivity contribution < 1.29 is 23.1 Å². The van der Waals surface area contributed by atoms with Crippen molar-refractivity contribution in [2.45, 2.75) is 25.9 Å². The molecular formula is C18H23F3N6O3. The third kappa shape index (κ3) is 4.32. The lowest BCUT2D eigenvalue weighted by atomic mass is 10.1. The van der Waals surface area contributed by atoms with Crippen LogP contribution >= 0.6 is 0 Å². The maximum absolute atomic E-state index is 13.1. The first-order valence-corrected chi connectivity index (χ1v) is 9.56. The van der Waals surface area contributed by atoms with Gasteiger partial charge in [0.2, 0.25) is 5.43 Å². The van der Waals surface area contributed by atoms with E-state index >= 15 is 0 Å². The Bertz CT molecular complexity index is 1000. The van der Waals surface area contributed by atoms with E-state index in [0.29, 0.717) is 11.2 Å². The summed E-state index contributed by atoms with van der Waals surface area (Å²) >= 11 is 0. The Kier molecular flexibility index (Phi) is 6.15. The number of piperazine rings is 1. The zero-order chi connectivity index (χ0) is 22.1. The Hall–Kier alpha value is -2.89. The van der Waals surface area contributed by atoms with Crippen LogP contribution in [0.3, 0.4) is 0 Å². The Balaban J connectivity index is 0.000000318. The number of hydrogen-bond donors (Lipinski definition) is 3. The predicted molar refractivity (Wildman–Crippen MR) is 105 cm³/mol. The maximum atomic E-state index is 13.1. The van der Waals surface area contributed by atoms with Gasteiger partial charge >= 0.3 is 12.1 Å². The summed E-state index contributed by atoms with van der Waals surface area (Å²) in [5, 5.41) is 10.5. The Labute approximate surface area is 169 Å². The van der Waals surface area contributed by atoms with Gasteiger partial charge in [0.05, 0.1) is 5.69 Å². The van der Waals surface area contributed by atoms with Crippen LogP contribution in [0.5, 0.6) is 0 Å². The highest BCUT2D eigenvalue weighted by atomic mass is 19.4. The van der Waals surface area contributed by atoms with Crippen LogP contribution in [0, 0.1) is 0 Å². The van der Waals surface area contributed by atoms with E-state index in [4.69, 9.17) is 9.90 Å². The molecule has 0 aliphatic carbocycles. The molecule has 9 nitrogen and oxygen atoms in total. The summed E-state index contributed by atoms with van der Waals surface area (Å²) in [5.74, 6) is -1.91. The van der Waals surface area contributed by atoms with E-state index in [2.05, 4.69) is 37.0 Å². The van der Waals surface area contributed by atoms with Crippen molar-refractivity contribution in [1.82, 2.24) is 20.3 Å². The number of fused-ring (bicyclic) bond motifs is 2. The Morgan fingerprint density at radius 2 is 1.83 bits per heavy atom. The van der Waals surface area contributed by atoms with E-state index in [1.165, 1.54) is 0 Å². The van der Waals surface area contributed by atoms with Gasteiger partial charge in [-0.05, 0) is 6.42 Å². The van der Waals surface area contributed by atoms with Crippen LogP contribution < -0.4 is 20.5 Å². The van der Waals surface area contributed by atoms with Gasteiger partial charge in [-0.1, -0.05) is 6.92 Å². The van der Waals surface area contributed by atoms with Crippen molar-refractivity contribution in [2.24, 2.45) is 0 Å². The van der Waals surface area contributed by atoms with Gasteiger partial charge in [-0.15, -0.1) is 0 Å². The smallest absolute Gasteiger partial charge is 0.475 e. The average molecular weight is 428 g/mol. The molecule has 3 N–H and O–H groups in total. The third-order valence-electron chi connectivity index (χ3n) is 5.01. The maximum Gasteiger partial charge on any atom is 0.490 e. The SMILES string of the molecule is CCc1[nH]c2nc3c(nc2c(=O)c1N1CCNCC1)N(C)CC3.O=C(O)C(F)(F)F. The van der Waals surface area contributed by atoms with E-state index in [1.54, 1.807) is 0 Å². The van der Waals surface area contributed by atoms with E-state index in [-0.39, 0.29) is 5.43 Å². The zero-order valence-electron chi connectivity index (χ0n) is 16.6. The molecule has 0 bridgehead atoms. The molecule has 0 spiro atoms. The molecule has 0 unspecified atom stereocenters. The van der Waals surface area contributed by atoms with Crippen LogP contribution in [-0.4, -0.2) is 72.0 Å². The van der Waals surface area contributed by atoms with Crippen LogP contribution in [-0.2, 0) is 17.6 Å². The van der Waals surface area contributed by atoms with Gasteiger partial charge in [-0.3, -0.25) is 4.79 Å². The van der Waals surface area contributed by atoms with Crippen LogP contribution in [0.15, 0.2) is 4.79 Å². The molecular weight excluding hydrogens is 405 g/mol. The van der Waals surface area contributed by atoms with Crippen molar-refractivity contribution in [3.05, 3.63) is 21.6 Å². The predicted octanol–water partition coefficient (Wildman–Crippen LogP) is 0.916. The highest BCUT2D eigenvalue weighted by Gasteiger charge is 2.38. The fourth-order valence-electron chi connectivity index (χ4n) is 3.49. The first-order valence-electron chi connectivity index (χ1n) is 9.56. The molecule has 2 aromatic rings. The molecule has 164 valence electrons. The Morgan fingerprint density at radius 1 is 1.20 bits per heavy atom. The number of likely N-dealkylation sites (N-methyl/N-ethyl adjacent to an activating group) is 1. The van der Waals surface area contributed by atoms with Crippen LogP contribution in [0.1, 0.15) is 18.3 Å². The van der Waals surface area contributed by atoms with Crippen molar-refractivity contribution in [3.8, 4) is 0 Å². The molecule has 1 saturated heterocycles. The number of H-pyrrole nitrogens is 1. The van der Waals surface area contributed by atoms with Gasteiger partial charge in [0.15, 0.2) is 17.0 Å². The summed E-state index contributed by atoms with van der Waals surface area (Å²) in [6.07, 6.45) is -3.42. The molecule has 1 fully saturated rings. The number of aromatic nitrogens is 3. The zero-order valence-corrected chi connectivity index (χ0v) is 16.6. The molecule has 2 aliphatic rings. The molecule has 30 heavy (non-hydrogen) atoms. The summed E-state index contributed by atoms with van der Waals surface area (Å²) < 4.78 is 31.7. The van der Waals surface area contributed by atoms with Crippen LogP contribution in [0.4, 0.5) is 24.7 Å². The number of rotatable bonds is 2. The summed E-state index contributed by atoms with van der Waals surface area (Å²) in [6.45, 7) is 6.47. The number of aliphatic carboxylic acids is 1. The Morgan fingerprint density at radius 3 is 2.40 bits per heavy atom. The molecule has 2 aliphatic heterocycles. The van der Waals surface area contributed by atoms with Gasteiger partial charge in [-0.2, -0.15) is 13.2 Å². The second-order valence-corrected chi connectivity index (χ2v) is 7.04. The molecule has 4 rings (SSSR count). The van der Waals surface area contributed by atoms with E-state index in [9.17, 15) is 18.0 Å². The number of carboxylic acids is 1. The van der Waals surface area contributed by atoms with Crippen molar-refractivity contribution in [1.29, 1.82) is 0 Å². The number of nitrogens with zero attached hydrogens (tertiary/aromatic N) is 4. The number of aryl methyl sites for hydroxylation is 1. The minimum absolute atomic E-state index is 0.00750. The fourth-order valence-corrected chi connectivity index (χ4v) is 3.49. The molecule has 0 saturated carbocycles. The number of nitrogens with one attached hydrogen (secondary N) is 2. The summed E-state index contributed by atoms with van der Waals surface area (Å²) in [6, 6.07) is 0. The van der Waals surface area contributed by atoms with Crippen LogP contribution in [0.25, 0.3) is 11.2 Å². The number of pyridine rings is 1. The van der Waals surface area contributed by atoms with Gasteiger partial charge in [0.25, 0.3) is 0 Å². The van der Waals surface area contributed by atoms with Crippen molar-refractivity contribution >= 4 is 28.6 Å². The van der Waals surface area contributed by atoms with Crippen LogP contribution in [0.2, 0.25) is 0 Å². The van der Waals surface area contributed by atoms with E-state index in [0.717, 1.165) is 68.5 Å². The lowest BCUT2D eigenvalue weighted by molar-refractivity contribution is -0.192. The van der Waals surface area contributed by atoms with Gasteiger partial charge in [0.1, 0.15) is 5.69 Å². The van der Waals surface area contributed by atoms with E-state index in [1.807, 2.05) is 7.05 Å². The molecule has 0 aromatic carbocycles. The summed E-state index contributed by atoms with van der Waals surface area (Å²) in [7, 11) is 2.00. The fraction of sp³-hybridized carbons (Fsp3) is 0.556. The van der Waals surface area contributed by atoms with E-state index < -0.39 is 12.1 Å². The minimum atomic E-state index is -5.08. The molecule has 0 atom stereocenters. The monoisotopic (exact) mass is 428 g/mol. The molecule has 4 heterocycles. The van der Waals surface area contributed by atoms with Crippen molar-refractivity contribution in [2.75, 3.05) is 49.6 Å². The standard InChI is InChI=1S/C16H22N6O.C2HF3O2/c1-3-10-13(22-8-5-17-6-9-22)14(23)12-15(18-10)19-11-4-7-21(2)16(11)20-12;3-2(4,5)1(6)7/h17H,3-9H2,1-2H3,(H,18,19,23);(H,6,7). The topological polar surface area (TPSA) is 114 Å². The quantitative estimate of drug-likeness (QED) is 0.647. The van der Waals surface area contributed by atoms with Gasteiger partial charge in [-0.25, -0.2) is 14.8 Å². The van der Waals surface area contributed by atoms with Gasteiger partial charge < -0.3 is 25.2 Å². The third-order valence-corrected chi connectivity index (χ3v) is 5.01. The number of alkyl halides is 3. The summed E-state index contributed by atoms with van der Waals surface area (Å²) in [5.41, 5.74) is 3.81. The highest BCUT2D eigenvalue weighted by molar-refractivity contribution is 5.78. The number of carbonyl (C=O) groups is 1. The second-order valence-electron chi connectivity index (χ2n) is 7.04. The molecule has 0 amide bonds. The molecule has 2 aromatic heterocycles. The largest absolute Gasteiger partial charge is 0.490 e. The lowest BCUT2D eigenvalue weighted by Crippen LogP contribution is -2.45. The molecule has 0 radical (unpaired) electrons. The number of halogens is 3. The highest BCUT2D eigenvalue weighted by Crippen LogP contribution is 2.26. The second kappa shape index (κ2) is 8.46. The average Bonchev–Trinajstić information content (AvgIpc) is 3.07. The number of anilines is 2. The first-order chi connectivity index (χ1) is 14.1. The minimum Gasteiger partial charge on any atom is -0.475 e. The van der Waals surface area contributed by atoms with Gasteiger partial charge in [0, 0.05) is 51.9 Å². The molecule has 12 heteroatoms. The first kappa shape index (κ1) is 21.8. The normalized spacial score (nSPS) is 16.3. The lowest BCUT2D eigenvalue weighted by Gasteiger charge is -2.30. The number of hydrogen-bond acceptors (Lipinski definition) is 7. The van der Waals surface area contributed by atoms with Crippen molar-refractivity contribution in [3.63, 3.8) is 0 Å².